The lowest BCUT2D eigenvalue weighted by atomic mass is 9.91. The lowest BCUT2D eigenvalue weighted by Crippen LogP contribution is -2.46. The number of nitrogens with one attached hydrogen (secondary N) is 1. The van der Waals surface area contributed by atoms with Gasteiger partial charge in [-0.1, -0.05) is 26.7 Å². The zero-order valence-electron chi connectivity index (χ0n) is 22.3. The lowest BCUT2D eigenvalue weighted by molar-refractivity contribution is -0.126. The molecule has 4 rings (SSSR count). The van der Waals surface area contributed by atoms with E-state index in [1.807, 2.05) is 23.6 Å². The van der Waals surface area contributed by atoms with Gasteiger partial charge >= 0.3 is 0 Å². The van der Waals surface area contributed by atoms with Crippen LogP contribution >= 0.6 is 0 Å². The molecule has 2 amide bonds. The first-order valence-electron chi connectivity index (χ1n) is 13.4. The van der Waals surface area contributed by atoms with Crippen LogP contribution in [0.3, 0.4) is 0 Å². The number of hydrogen-bond acceptors (Lipinski definition) is 5. The summed E-state index contributed by atoms with van der Waals surface area (Å²) in [7, 11) is 4.08. The van der Waals surface area contributed by atoms with E-state index in [9.17, 15) is 14.4 Å². The van der Waals surface area contributed by atoms with E-state index in [2.05, 4.69) is 24.1 Å². The fraction of sp³-hybridized carbons (Fsp3) is 0.643. The predicted octanol–water partition coefficient (Wildman–Crippen LogP) is 3.07. The normalized spacial score (nSPS) is 17.5. The summed E-state index contributed by atoms with van der Waals surface area (Å²) in [5, 5.41) is 3.70. The lowest BCUT2D eigenvalue weighted by Gasteiger charge is -2.33. The maximum absolute atomic E-state index is 13.3. The van der Waals surface area contributed by atoms with E-state index >= 15 is 0 Å². The monoisotopic (exact) mass is 495 g/mol. The van der Waals surface area contributed by atoms with Crippen molar-refractivity contribution in [2.75, 3.05) is 40.3 Å². The molecule has 0 saturated carbocycles. The first-order chi connectivity index (χ1) is 17.1. The van der Waals surface area contributed by atoms with E-state index in [4.69, 9.17) is 4.98 Å². The van der Waals surface area contributed by atoms with Gasteiger partial charge in [-0.05, 0) is 63.4 Å². The largest absolute Gasteiger partial charge is 0.355 e. The van der Waals surface area contributed by atoms with Gasteiger partial charge in [0.25, 0.3) is 11.5 Å². The average Bonchev–Trinajstić information content (AvgIpc) is 2.82. The van der Waals surface area contributed by atoms with Crippen LogP contribution in [0.5, 0.6) is 0 Å². The Kier molecular flexibility index (Phi) is 8.13. The van der Waals surface area contributed by atoms with Gasteiger partial charge in [0.1, 0.15) is 5.82 Å². The average molecular weight is 496 g/mol. The zero-order chi connectivity index (χ0) is 25.9. The summed E-state index contributed by atoms with van der Waals surface area (Å²) in [4.78, 5) is 47.8. The van der Waals surface area contributed by atoms with Crippen molar-refractivity contribution in [3.63, 3.8) is 0 Å². The molecule has 0 atom stereocenters. The number of likely N-dealkylation sites (tertiary alicyclic amines) is 1. The Morgan fingerprint density at radius 1 is 1.08 bits per heavy atom. The molecule has 8 heteroatoms. The summed E-state index contributed by atoms with van der Waals surface area (Å²) in [5.74, 6) is 0.789. The van der Waals surface area contributed by atoms with Crippen molar-refractivity contribution in [1.29, 1.82) is 0 Å². The number of aryl methyl sites for hydroxylation is 1. The Bertz CT molecular complexity index is 1160. The minimum Gasteiger partial charge on any atom is -0.355 e. The minimum atomic E-state index is -0.0675. The highest BCUT2D eigenvalue weighted by Gasteiger charge is 2.29. The number of benzene rings is 1. The van der Waals surface area contributed by atoms with E-state index in [0.29, 0.717) is 55.5 Å². The van der Waals surface area contributed by atoms with Gasteiger partial charge in [-0.3, -0.25) is 19.0 Å². The molecule has 196 valence electrons. The van der Waals surface area contributed by atoms with Gasteiger partial charge in [0.15, 0.2) is 0 Å². The van der Waals surface area contributed by atoms with E-state index in [-0.39, 0.29) is 28.7 Å². The number of rotatable bonds is 6. The second-order valence-electron chi connectivity index (χ2n) is 11.6. The molecule has 1 fully saturated rings. The van der Waals surface area contributed by atoms with Gasteiger partial charge in [0, 0.05) is 50.6 Å². The highest BCUT2D eigenvalue weighted by Crippen LogP contribution is 2.22. The Hall–Kier alpha value is -2.74. The van der Waals surface area contributed by atoms with E-state index in [1.165, 1.54) is 0 Å². The summed E-state index contributed by atoms with van der Waals surface area (Å²) in [6.45, 7) is 7.66. The van der Waals surface area contributed by atoms with Crippen molar-refractivity contribution >= 4 is 22.7 Å². The van der Waals surface area contributed by atoms with Crippen LogP contribution in [0.4, 0.5) is 0 Å². The van der Waals surface area contributed by atoms with Crippen molar-refractivity contribution in [3.8, 4) is 0 Å². The molecule has 1 aromatic heterocycles. The third kappa shape index (κ3) is 6.14. The molecule has 0 bridgehead atoms. The molecule has 8 nitrogen and oxygen atoms in total. The molecule has 3 heterocycles. The van der Waals surface area contributed by atoms with E-state index < -0.39 is 0 Å². The number of aromatic nitrogens is 2. The van der Waals surface area contributed by atoms with Crippen LogP contribution in [-0.2, 0) is 17.8 Å². The van der Waals surface area contributed by atoms with Crippen molar-refractivity contribution < 1.29 is 9.59 Å². The number of nitrogens with zero attached hydrogens (tertiary/aromatic N) is 4. The topological polar surface area (TPSA) is 87.5 Å². The van der Waals surface area contributed by atoms with Crippen molar-refractivity contribution in [2.24, 2.45) is 11.3 Å². The van der Waals surface area contributed by atoms with Crippen LogP contribution in [0.2, 0.25) is 0 Å². The number of carbonyl (C=O) groups is 2. The van der Waals surface area contributed by atoms with E-state index in [0.717, 1.165) is 44.5 Å². The zero-order valence-corrected chi connectivity index (χ0v) is 22.3. The highest BCUT2D eigenvalue weighted by atomic mass is 16.2. The van der Waals surface area contributed by atoms with Gasteiger partial charge in [-0.15, -0.1) is 0 Å². The first kappa shape index (κ1) is 26.3. The summed E-state index contributed by atoms with van der Waals surface area (Å²) in [5.41, 5.74) is 1.15. The van der Waals surface area contributed by atoms with Gasteiger partial charge in [-0.25, -0.2) is 4.98 Å². The maximum Gasteiger partial charge on any atom is 0.261 e. The molecule has 2 aliphatic heterocycles. The molecule has 2 aliphatic rings. The molecule has 0 radical (unpaired) electrons. The Morgan fingerprint density at radius 3 is 2.53 bits per heavy atom. The summed E-state index contributed by atoms with van der Waals surface area (Å²) in [6.07, 6.45) is 6.45. The Morgan fingerprint density at radius 2 is 1.81 bits per heavy atom. The van der Waals surface area contributed by atoms with Crippen LogP contribution in [0.1, 0.15) is 68.6 Å². The van der Waals surface area contributed by atoms with Gasteiger partial charge in [-0.2, -0.15) is 0 Å². The van der Waals surface area contributed by atoms with Gasteiger partial charge in [0.05, 0.1) is 10.9 Å². The Labute approximate surface area is 214 Å². The molecule has 0 aliphatic carbocycles. The van der Waals surface area contributed by atoms with Crippen LogP contribution in [-0.4, -0.2) is 71.4 Å². The van der Waals surface area contributed by atoms with Crippen molar-refractivity contribution in [3.05, 3.63) is 39.9 Å². The van der Waals surface area contributed by atoms with Crippen molar-refractivity contribution in [1.82, 2.24) is 24.7 Å². The molecular formula is C28H41N5O3. The first-order valence-corrected chi connectivity index (χ1v) is 13.4. The second kappa shape index (κ2) is 11.1. The van der Waals surface area contributed by atoms with E-state index in [1.54, 1.807) is 18.2 Å². The predicted molar refractivity (Wildman–Crippen MR) is 142 cm³/mol. The quantitative estimate of drug-likeness (QED) is 0.666. The standard InChI is InChI=1S/C28H41N5O3/c1-28(2,19-31(3)4)18-29-25(34)20-12-15-32(16-13-20)26(35)21-10-11-22-23(17-21)30-24-9-7-5-6-8-14-33(24)27(22)36/h10-11,17,20H,5-9,12-16,18-19H2,1-4H3,(H,29,34). The Balaban J connectivity index is 1.39. The smallest absolute Gasteiger partial charge is 0.261 e. The van der Waals surface area contributed by atoms with Gasteiger partial charge < -0.3 is 15.1 Å². The molecule has 2 aromatic rings. The molecular weight excluding hydrogens is 454 g/mol. The summed E-state index contributed by atoms with van der Waals surface area (Å²) >= 11 is 0. The molecule has 1 aromatic carbocycles. The molecule has 0 spiro atoms. The molecule has 1 N–H and O–H groups in total. The van der Waals surface area contributed by atoms with Gasteiger partial charge in [0.2, 0.25) is 5.91 Å². The third-order valence-electron chi connectivity index (χ3n) is 7.45. The molecule has 1 saturated heterocycles. The number of piperidine rings is 1. The number of amides is 2. The SMILES string of the molecule is CN(C)CC(C)(C)CNC(=O)C1CCN(C(=O)c2ccc3c(=O)n4c(nc3c2)CCCCCC4)CC1. The summed E-state index contributed by atoms with van der Waals surface area (Å²) in [6, 6.07) is 5.26. The number of hydrogen-bond donors (Lipinski definition) is 1. The maximum atomic E-state index is 13.3. The van der Waals surface area contributed by atoms with Crippen LogP contribution in [0, 0.1) is 11.3 Å². The summed E-state index contributed by atoms with van der Waals surface area (Å²) < 4.78 is 1.82. The second-order valence-corrected chi connectivity index (χ2v) is 11.6. The van der Waals surface area contributed by atoms with Crippen LogP contribution < -0.4 is 10.9 Å². The van der Waals surface area contributed by atoms with Crippen molar-refractivity contribution in [2.45, 2.75) is 65.3 Å². The molecule has 0 unspecified atom stereocenters. The fourth-order valence-electron chi connectivity index (χ4n) is 5.64. The fourth-order valence-corrected chi connectivity index (χ4v) is 5.64. The molecule has 36 heavy (non-hydrogen) atoms. The van der Waals surface area contributed by atoms with Crippen LogP contribution in [0.15, 0.2) is 23.0 Å². The third-order valence-corrected chi connectivity index (χ3v) is 7.45. The highest BCUT2D eigenvalue weighted by molar-refractivity contribution is 5.97. The minimum absolute atomic E-state index is 0.00000476. The number of carbonyl (C=O) groups excluding carboxylic acids is 2. The number of fused-ring (bicyclic) bond motifs is 2. The van der Waals surface area contributed by atoms with Crippen LogP contribution in [0.25, 0.3) is 10.9 Å².